The molecule has 0 radical (unpaired) electrons. The number of carbonyl (C=O) groups excluding carboxylic acids is 1. The number of nitrogens with one attached hydrogen (secondary N) is 1. The number of benzene rings is 2. The summed E-state index contributed by atoms with van der Waals surface area (Å²) in [4.78, 5) is 23.4. The van der Waals surface area contributed by atoms with Crippen molar-refractivity contribution in [3.8, 4) is 11.6 Å². The van der Waals surface area contributed by atoms with Crippen molar-refractivity contribution in [3.05, 3.63) is 72.6 Å². The van der Waals surface area contributed by atoms with Gasteiger partial charge in [0.25, 0.3) is 5.88 Å². The van der Waals surface area contributed by atoms with E-state index in [1.807, 2.05) is 30.3 Å². The van der Waals surface area contributed by atoms with Crippen LogP contribution in [0.2, 0.25) is 0 Å². The van der Waals surface area contributed by atoms with E-state index in [-0.39, 0.29) is 11.7 Å². The van der Waals surface area contributed by atoms with Gasteiger partial charge in [-0.3, -0.25) is 4.79 Å². The Bertz CT molecular complexity index is 1010. The second kappa shape index (κ2) is 11.0. The van der Waals surface area contributed by atoms with Gasteiger partial charge in [-0.15, -0.1) is 0 Å². The molecule has 4 rings (SSSR count). The number of rotatable bonds is 8. The van der Waals surface area contributed by atoms with Gasteiger partial charge in [-0.1, -0.05) is 49.0 Å². The van der Waals surface area contributed by atoms with Gasteiger partial charge in [0.2, 0.25) is 5.91 Å². The number of piperidine rings is 1. The Balaban J connectivity index is 1.25. The normalized spacial score (nSPS) is 14.2. The van der Waals surface area contributed by atoms with Crippen LogP contribution < -0.4 is 15.0 Å². The highest BCUT2D eigenvalue weighted by Crippen LogP contribution is 2.28. The number of nitrogens with zero attached hydrogens (tertiary/aromatic N) is 3. The minimum Gasteiger partial charge on any atom is -0.437 e. The predicted octanol–water partition coefficient (Wildman–Crippen LogP) is 4.91. The molecule has 0 spiro atoms. The van der Waals surface area contributed by atoms with Gasteiger partial charge in [0.05, 0.1) is 5.75 Å². The number of para-hydroxylation sites is 1. The van der Waals surface area contributed by atoms with E-state index in [0.717, 1.165) is 24.6 Å². The molecule has 1 saturated heterocycles. The minimum absolute atomic E-state index is 0.0552. The first-order valence-corrected chi connectivity index (χ1v) is 11.9. The Hall–Kier alpha value is -3.06. The molecule has 3 aromatic rings. The topological polar surface area (TPSA) is 67.4 Å². The highest BCUT2D eigenvalue weighted by atomic mass is 32.2. The van der Waals surface area contributed by atoms with Gasteiger partial charge in [-0.05, 0) is 48.6 Å². The zero-order chi connectivity index (χ0) is 22.2. The van der Waals surface area contributed by atoms with Crippen molar-refractivity contribution >= 4 is 23.4 Å². The van der Waals surface area contributed by atoms with Crippen LogP contribution in [-0.2, 0) is 11.3 Å². The molecule has 1 fully saturated rings. The largest absolute Gasteiger partial charge is 0.437 e. The predicted molar refractivity (Wildman–Crippen MR) is 128 cm³/mol. The number of amides is 1. The molecule has 1 aromatic heterocycles. The summed E-state index contributed by atoms with van der Waals surface area (Å²) in [5.41, 5.74) is 2.35. The van der Waals surface area contributed by atoms with Crippen molar-refractivity contribution in [1.29, 1.82) is 0 Å². The summed E-state index contributed by atoms with van der Waals surface area (Å²) in [7, 11) is 0. The van der Waals surface area contributed by atoms with Gasteiger partial charge in [0.15, 0.2) is 5.03 Å². The lowest BCUT2D eigenvalue weighted by Gasteiger charge is -2.32. The molecule has 166 valence electrons. The van der Waals surface area contributed by atoms with Crippen LogP contribution in [0, 0.1) is 5.92 Å². The molecule has 0 aliphatic carbocycles. The van der Waals surface area contributed by atoms with Crippen LogP contribution in [0.25, 0.3) is 0 Å². The SMILES string of the molecule is CC1CCN(c2ccc(CNC(=O)CSc3nccnc3Oc3ccccc3)cc2)CC1. The molecule has 0 bridgehead atoms. The Kier molecular flexibility index (Phi) is 7.61. The van der Waals surface area contributed by atoms with Gasteiger partial charge in [-0.2, -0.15) is 0 Å². The lowest BCUT2D eigenvalue weighted by molar-refractivity contribution is -0.118. The van der Waals surface area contributed by atoms with Crippen LogP contribution in [0.3, 0.4) is 0 Å². The summed E-state index contributed by atoms with van der Waals surface area (Å²) in [6.45, 7) is 5.06. The third kappa shape index (κ3) is 6.23. The summed E-state index contributed by atoms with van der Waals surface area (Å²) in [5, 5.41) is 3.57. The lowest BCUT2D eigenvalue weighted by Crippen LogP contribution is -2.32. The Morgan fingerprint density at radius 3 is 2.53 bits per heavy atom. The van der Waals surface area contributed by atoms with Crippen molar-refractivity contribution in [2.75, 3.05) is 23.7 Å². The molecule has 0 unspecified atom stereocenters. The fourth-order valence-corrected chi connectivity index (χ4v) is 4.28. The van der Waals surface area contributed by atoms with Crippen molar-refractivity contribution < 1.29 is 9.53 Å². The van der Waals surface area contributed by atoms with E-state index in [0.29, 0.717) is 23.2 Å². The molecule has 2 heterocycles. The molecule has 6 nitrogen and oxygen atoms in total. The molecule has 1 aliphatic heterocycles. The fourth-order valence-electron chi connectivity index (χ4n) is 3.56. The molecule has 1 aliphatic rings. The standard InChI is InChI=1S/C25H28N4O2S/c1-19-11-15-29(16-12-19)21-9-7-20(8-10-21)17-28-23(30)18-32-25-24(26-13-14-27-25)31-22-5-3-2-4-6-22/h2-10,13-14,19H,11-12,15-18H2,1H3,(H,28,30). The number of hydrogen-bond donors (Lipinski definition) is 1. The van der Waals surface area contributed by atoms with Crippen molar-refractivity contribution in [3.63, 3.8) is 0 Å². The maximum atomic E-state index is 12.4. The minimum atomic E-state index is -0.0552. The summed E-state index contributed by atoms with van der Waals surface area (Å²) >= 11 is 1.31. The summed E-state index contributed by atoms with van der Waals surface area (Å²) in [6, 6.07) is 17.9. The summed E-state index contributed by atoms with van der Waals surface area (Å²) in [5.74, 6) is 2.09. The molecule has 0 atom stereocenters. The van der Waals surface area contributed by atoms with E-state index in [2.05, 4.69) is 51.4 Å². The third-order valence-corrected chi connectivity index (χ3v) is 6.47. The third-order valence-electron chi connectivity index (χ3n) is 5.51. The van der Waals surface area contributed by atoms with E-state index in [4.69, 9.17) is 4.74 Å². The Morgan fingerprint density at radius 1 is 1.06 bits per heavy atom. The average molecular weight is 449 g/mol. The monoisotopic (exact) mass is 448 g/mol. The second-order valence-electron chi connectivity index (χ2n) is 7.98. The second-order valence-corrected chi connectivity index (χ2v) is 8.95. The summed E-state index contributed by atoms with van der Waals surface area (Å²) < 4.78 is 5.81. The number of aromatic nitrogens is 2. The van der Waals surface area contributed by atoms with Crippen molar-refractivity contribution in [2.24, 2.45) is 5.92 Å². The Labute approximate surface area is 193 Å². The van der Waals surface area contributed by atoms with Gasteiger partial charge < -0.3 is 15.0 Å². The lowest BCUT2D eigenvalue weighted by atomic mass is 9.99. The van der Waals surface area contributed by atoms with Gasteiger partial charge >= 0.3 is 0 Å². The number of ether oxygens (including phenoxy) is 1. The molecule has 1 amide bonds. The van der Waals surface area contributed by atoms with Crippen LogP contribution in [0.1, 0.15) is 25.3 Å². The number of anilines is 1. The summed E-state index contributed by atoms with van der Waals surface area (Å²) in [6.07, 6.45) is 5.68. The zero-order valence-corrected chi connectivity index (χ0v) is 19.1. The molecule has 7 heteroatoms. The van der Waals surface area contributed by atoms with E-state index in [1.165, 1.54) is 30.3 Å². The fraction of sp³-hybridized carbons (Fsp3) is 0.320. The molecule has 1 N–H and O–H groups in total. The van der Waals surface area contributed by atoms with Gasteiger partial charge in [0, 0.05) is 37.7 Å². The van der Waals surface area contributed by atoms with Crippen molar-refractivity contribution in [2.45, 2.75) is 31.3 Å². The smallest absolute Gasteiger partial charge is 0.252 e. The van der Waals surface area contributed by atoms with Gasteiger partial charge in [0.1, 0.15) is 5.75 Å². The number of hydrogen-bond acceptors (Lipinski definition) is 6. The molecule has 32 heavy (non-hydrogen) atoms. The maximum absolute atomic E-state index is 12.4. The zero-order valence-electron chi connectivity index (χ0n) is 18.2. The van der Waals surface area contributed by atoms with Crippen LogP contribution >= 0.6 is 11.8 Å². The van der Waals surface area contributed by atoms with E-state index in [1.54, 1.807) is 12.4 Å². The highest BCUT2D eigenvalue weighted by molar-refractivity contribution is 8.00. The van der Waals surface area contributed by atoms with Crippen LogP contribution in [0.5, 0.6) is 11.6 Å². The first kappa shape index (κ1) is 22.1. The first-order valence-electron chi connectivity index (χ1n) is 10.9. The van der Waals surface area contributed by atoms with Crippen LogP contribution in [-0.4, -0.2) is 34.7 Å². The van der Waals surface area contributed by atoms with E-state index < -0.39 is 0 Å². The first-order chi connectivity index (χ1) is 15.7. The maximum Gasteiger partial charge on any atom is 0.252 e. The highest BCUT2D eigenvalue weighted by Gasteiger charge is 2.16. The molecular formula is C25H28N4O2S. The quantitative estimate of drug-likeness (QED) is 0.494. The van der Waals surface area contributed by atoms with E-state index >= 15 is 0 Å². The molecule has 0 saturated carbocycles. The molecular weight excluding hydrogens is 420 g/mol. The molecule has 2 aromatic carbocycles. The van der Waals surface area contributed by atoms with E-state index in [9.17, 15) is 4.79 Å². The van der Waals surface area contributed by atoms with Crippen LogP contribution in [0.15, 0.2) is 72.0 Å². The number of thioether (sulfide) groups is 1. The average Bonchev–Trinajstić information content (AvgIpc) is 2.84. The van der Waals surface area contributed by atoms with Crippen molar-refractivity contribution in [1.82, 2.24) is 15.3 Å². The van der Waals surface area contributed by atoms with Gasteiger partial charge in [-0.25, -0.2) is 9.97 Å². The number of carbonyl (C=O) groups is 1. The van der Waals surface area contributed by atoms with Crippen LogP contribution in [0.4, 0.5) is 5.69 Å². The Morgan fingerprint density at radius 2 is 1.78 bits per heavy atom.